The second-order valence-corrected chi connectivity index (χ2v) is 16.1. The first-order chi connectivity index (χ1) is 23.7. The Morgan fingerprint density at radius 3 is 2.55 bits per heavy atom. The minimum Gasteiger partial charge on any atom is -0.497 e. The maximum Gasteiger partial charge on any atom is 0.304 e. The molecule has 11 nitrogen and oxygen atoms in total. The number of hydrogen-bond acceptors (Lipinski definition) is 7. The molecule has 2 saturated carbocycles. The summed E-state index contributed by atoms with van der Waals surface area (Å²) in [5.41, 5.74) is 6.08. The van der Waals surface area contributed by atoms with Gasteiger partial charge < -0.3 is 24.3 Å². The highest BCUT2D eigenvalue weighted by molar-refractivity contribution is 7.87. The quantitative estimate of drug-likeness (QED) is 0.365. The van der Waals surface area contributed by atoms with Gasteiger partial charge in [-0.1, -0.05) is 25.3 Å². The smallest absolute Gasteiger partial charge is 0.304 e. The maximum absolute atomic E-state index is 14.8. The number of amides is 2. The largest absolute Gasteiger partial charge is 0.497 e. The van der Waals surface area contributed by atoms with Crippen LogP contribution in [0.5, 0.6) is 5.75 Å². The van der Waals surface area contributed by atoms with Crippen molar-refractivity contribution >= 4 is 32.9 Å². The van der Waals surface area contributed by atoms with Crippen LogP contribution in [0, 0.1) is 5.41 Å². The average Bonchev–Trinajstić information content (AvgIpc) is 3.78. The molecule has 1 aromatic heterocycles. The zero-order chi connectivity index (χ0) is 34.1. The number of fused-ring (bicyclic) bond motifs is 7. The van der Waals surface area contributed by atoms with Crippen molar-refractivity contribution in [2.24, 2.45) is 5.41 Å². The molecule has 2 amide bonds. The van der Waals surface area contributed by atoms with Crippen LogP contribution in [-0.2, 0) is 26.3 Å². The summed E-state index contributed by atoms with van der Waals surface area (Å²) in [6.07, 6.45) is 9.17. The van der Waals surface area contributed by atoms with Crippen molar-refractivity contribution in [3.8, 4) is 17.0 Å². The Hall–Kier alpha value is -3.87. The molecule has 3 atom stereocenters. The average molecular weight is 688 g/mol. The molecule has 4 fully saturated rings. The third-order valence-electron chi connectivity index (χ3n) is 11.5. The van der Waals surface area contributed by atoms with Crippen LogP contribution in [0.4, 0.5) is 0 Å². The van der Waals surface area contributed by atoms with Gasteiger partial charge in [-0.2, -0.15) is 12.7 Å². The van der Waals surface area contributed by atoms with Crippen LogP contribution in [0.2, 0.25) is 0 Å². The number of carbonyl (C=O) groups excluding carboxylic acids is 2. The number of methoxy groups -OCH3 is 1. The summed E-state index contributed by atoms with van der Waals surface area (Å²) in [5.74, 6) is 0.585. The number of carbonyl (C=O) groups is 2. The summed E-state index contributed by atoms with van der Waals surface area (Å²) in [6, 6.07) is 11.9. The topological polar surface area (TPSA) is 122 Å². The highest BCUT2D eigenvalue weighted by Crippen LogP contribution is 2.67. The number of nitrogens with one attached hydrogen (secondary N) is 2. The highest BCUT2D eigenvalue weighted by atomic mass is 32.2. The van der Waals surface area contributed by atoms with Crippen molar-refractivity contribution in [2.75, 3.05) is 40.5 Å². The maximum atomic E-state index is 14.8. The van der Waals surface area contributed by atoms with E-state index in [1.165, 1.54) is 16.3 Å². The zero-order valence-electron chi connectivity index (χ0n) is 28.5. The van der Waals surface area contributed by atoms with Crippen LogP contribution >= 0.6 is 0 Å². The standard InChI is InChI=1S/C37H45N5O6S/c1-23-17-26(21-38-2)42(23)36(44)37-20-31(37)30-19-27(47-3)10-12-28(30)34-33(24-7-5-4-6-8-24)29-11-9-25(18-32(29)41(34)22-37)35(43)39-49(45,46)40-13-15-48-16-14-40/h9-12,18-19,21,23-24,31,38H,4-8,13-17,20,22H2,1-3H3,(H,39,43)/b26-21+. The third-order valence-corrected chi connectivity index (χ3v) is 13.0. The monoisotopic (exact) mass is 687 g/mol. The Kier molecular flexibility index (Phi) is 8.03. The Morgan fingerprint density at radius 2 is 1.84 bits per heavy atom. The molecule has 5 aliphatic rings. The summed E-state index contributed by atoms with van der Waals surface area (Å²) in [5, 5.41) is 4.17. The Balaban J connectivity index is 1.29. The van der Waals surface area contributed by atoms with E-state index in [1.807, 2.05) is 36.3 Å². The molecule has 0 spiro atoms. The van der Waals surface area contributed by atoms with E-state index in [4.69, 9.17) is 9.47 Å². The van der Waals surface area contributed by atoms with Crippen molar-refractivity contribution in [1.82, 2.24) is 23.8 Å². The first-order valence-corrected chi connectivity index (χ1v) is 19.0. The summed E-state index contributed by atoms with van der Waals surface area (Å²) >= 11 is 0. The van der Waals surface area contributed by atoms with Gasteiger partial charge in [-0.25, -0.2) is 4.72 Å². The van der Waals surface area contributed by atoms with Crippen molar-refractivity contribution in [1.29, 1.82) is 0 Å². The molecule has 2 N–H and O–H groups in total. The molecule has 2 aromatic carbocycles. The lowest BCUT2D eigenvalue weighted by molar-refractivity contribution is -0.141. The highest BCUT2D eigenvalue weighted by Gasteiger charge is 2.65. The molecule has 3 unspecified atom stereocenters. The molecule has 0 radical (unpaired) electrons. The molecular formula is C37H45N5O6S. The van der Waals surface area contributed by atoms with Gasteiger partial charge in [0, 0.05) is 79.0 Å². The zero-order valence-corrected chi connectivity index (χ0v) is 29.3. The molecule has 0 bridgehead atoms. The van der Waals surface area contributed by atoms with Crippen LogP contribution in [0.1, 0.15) is 85.2 Å². The third kappa shape index (κ3) is 5.25. The normalized spacial score (nSPS) is 26.3. The van der Waals surface area contributed by atoms with Crippen molar-refractivity contribution < 1.29 is 27.5 Å². The molecule has 3 aliphatic heterocycles. The second kappa shape index (κ2) is 12.2. The fraction of sp³-hybridized carbons (Fsp3) is 0.514. The minimum atomic E-state index is -4.04. The fourth-order valence-electron chi connectivity index (χ4n) is 8.98. The number of rotatable bonds is 7. The summed E-state index contributed by atoms with van der Waals surface area (Å²) in [7, 11) is -0.501. The van der Waals surface area contributed by atoms with Gasteiger partial charge in [-0.05, 0) is 73.6 Å². The van der Waals surface area contributed by atoms with Gasteiger partial charge in [-0.3, -0.25) is 9.59 Å². The number of likely N-dealkylation sites (tertiary alicyclic amines) is 1. The van der Waals surface area contributed by atoms with E-state index in [2.05, 4.69) is 33.7 Å². The molecule has 49 heavy (non-hydrogen) atoms. The van der Waals surface area contributed by atoms with Crippen molar-refractivity contribution in [3.05, 3.63) is 65.0 Å². The van der Waals surface area contributed by atoms with Gasteiger partial charge in [0.1, 0.15) is 5.75 Å². The van der Waals surface area contributed by atoms with Crippen molar-refractivity contribution in [3.63, 3.8) is 0 Å². The summed E-state index contributed by atoms with van der Waals surface area (Å²) in [4.78, 5) is 30.4. The number of hydrogen-bond donors (Lipinski definition) is 2. The summed E-state index contributed by atoms with van der Waals surface area (Å²) < 4.78 is 43.2. The SMILES string of the molecule is CN/C=C1\CC(C)N1C(=O)C12CC1c1cc(OC)ccc1-c1c(C3CCCCC3)c3ccc(C(=O)NS(=O)(=O)N4CCOCC4)cc3n1C2. The van der Waals surface area contributed by atoms with Gasteiger partial charge in [0.05, 0.1) is 31.4 Å². The van der Waals surface area contributed by atoms with Crippen LogP contribution < -0.4 is 14.8 Å². The van der Waals surface area contributed by atoms with E-state index < -0.39 is 21.5 Å². The molecule has 8 rings (SSSR count). The van der Waals surface area contributed by atoms with Gasteiger partial charge in [0.25, 0.3) is 5.91 Å². The van der Waals surface area contributed by atoms with Gasteiger partial charge >= 0.3 is 10.2 Å². The number of benzene rings is 2. The lowest BCUT2D eigenvalue weighted by Crippen LogP contribution is -2.51. The minimum absolute atomic E-state index is 0.0213. The fourth-order valence-corrected chi connectivity index (χ4v) is 10.1. The second-order valence-electron chi connectivity index (χ2n) is 14.4. The number of morpholine rings is 1. The van der Waals surface area contributed by atoms with Crippen LogP contribution in [0.25, 0.3) is 22.2 Å². The Labute approximate surface area is 287 Å². The first-order valence-electron chi connectivity index (χ1n) is 17.6. The number of aromatic nitrogens is 1. The molecule has 4 heterocycles. The first kappa shape index (κ1) is 32.3. The molecule has 2 saturated heterocycles. The number of ether oxygens (including phenoxy) is 2. The molecule has 2 aliphatic carbocycles. The summed E-state index contributed by atoms with van der Waals surface area (Å²) in [6.45, 7) is 3.54. The molecule has 3 aromatic rings. The van der Waals surface area contributed by atoms with E-state index in [9.17, 15) is 18.0 Å². The van der Waals surface area contributed by atoms with Crippen molar-refractivity contribution in [2.45, 2.75) is 76.3 Å². The van der Waals surface area contributed by atoms with Gasteiger partial charge in [0.15, 0.2) is 0 Å². The van der Waals surface area contributed by atoms with E-state index in [0.29, 0.717) is 25.7 Å². The molecule has 12 heteroatoms. The molecular weight excluding hydrogens is 643 g/mol. The van der Waals surface area contributed by atoms with Crippen LogP contribution in [0.15, 0.2) is 48.3 Å². The van der Waals surface area contributed by atoms with Crippen LogP contribution in [-0.4, -0.2) is 80.5 Å². The lowest BCUT2D eigenvalue weighted by Gasteiger charge is -2.43. The lowest BCUT2D eigenvalue weighted by atomic mass is 9.81. The van der Waals surface area contributed by atoms with Gasteiger partial charge in [0.2, 0.25) is 5.91 Å². The molecule has 260 valence electrons. The predicted molar refractivity (Wildman–Crippen MR) is 186 cm³/mol. The number of nitrogens with zero attached hydrogens (tertiary/aromatic N) is 3. The predicted octanol–water partition coefficient (Wildman–Crippen LogP) is 4.84. The Bertz CT molecular complexity index is 1980. The van der Waals surface area contributed by atoms with E-state index in [1.54, 1.807) is 13.2 Å². The van der Waals surface area contributed by atoms with E-state index in [-0.39, 0.29) is 36.5 Å². The van der Waals surface area contributed by atoms with Crippen LogP contribution in [0.3, 0.4) is 0 Å². The van der Waals surface area contributed by atoms with E-state index in [0.717, 1.165) is 77.7 Å². The Morgan fingerprint density at radius 1 is 1.06 bits per heavy atom. The van der Waals surface area contributed by atoms with Gasteiger partial charge in [-0.15, -0.1) is 0 Å². The van der Waals surface area contributed by atoms with E-state index >= 15 is 0 Å².